The number of aryl methyl sites for hydroxylation is 1. The van der Waals surface area contributed by atoms with Gasteiger partial charge in [0.1, 0.15) is 5.82 Å². The van der Waals surface area contributed by atoms with Crippen LogP contribution in [0.15, 0.2) is 12.3 Å². The molecule has 0 saturated heterocycles. The van der Waals surface area contributed by atoms with Crippen LogP contribution in [0.25, 0.3) is 0 Å². The molecule has 17 heavy (non-hydrogen) atoms. The summed E-state index contributed by atoms with van der Waals surface area (Å²) in [5.74, 6) is 1.79. The molecule has 3 N–H and O–H groups in total. The van der Waals surface area contributed by atoms with E-state index in [2.05, 4.69) is 17.2 Å². The van der Waals surface area contributed by atoms with Crippen molar-refractivity contribution in [3.63, 3.8) is 0 Å². The summed E-state index contributed by atoms with van der Waals surface area (Å²) >= 11 is 0. The number of anilines is 2. The fraction of sp³-hybridized carbons (Fsp3) is 0.643. The van der Waals surface area contributed by atoms with E-state index in [1.54, 1.807) is 0 Å². The summed E-state index contributed by atoms with van der Waals surface area (Å²) in [5, 5.41) is 3.50. The lowest BCUT2D eigenvalue weighted by Crippen LogP contribution is -2.26. The second kappa shape index (κ2) is 5.39. The molecule has 0 aliphatic heterocycles. The van der Waals surface area contributed by atoms with Gasteiger partial charge in [-0.25, -0.2) is 4.98 Å². The highest BCUT2D eigenvalue weighted by atomic mass is 15.0. The first kappa shape index (κ1) is 12.2. The lowest BCUT2D eigenvalue weighted by molar-refractivity contribution is 0.330. The van der Waals surface area contributed by atoms with E-state index < -0.39 is 0 Å². The summed E-state index contributed by atoms with van der Waals surface area (Å²) in [7, 11) is 0. The van der Waals surface area contributed by atoms with Crippen LogP contribution in [0.2, 0.25) is 0 Å². The number of aromatic nitrogens is 1. The molecular weight excluding hydrogens is 210 g/mol. The van der Waals surface area contributed by atoms with Crippen LogP contribution in [0, 0.1) is 12.8 Å². The van der Waals surface area contributed by atoms with Crippen molar-refractivity contribution in [1.82, 2.24) is 4.98 Å². The SMILES string of the molecule is CCC1CCC(Nc2nccc(C)c2N)CC1. The molecule has 3 heteroatoms. The van der Waals surface area contributed by atoms with Gasteiger partial charge in [0.2, 0.25) is 0 Å². The Kier molecular flexibility index (Phi) is 3.87. The molecule has 0 bridgehead atoms. The minimum absolute atomic E-state index is 0.550. The van der Waals surface area contributed by atoms with E-state index >= 15 is 0 Å². The van der Waals surface area contributed by atoms with E-state index in [0.29, 0.717) is 6.04 Å². The van der Waals surface area contributed by atoms with Crippen molar-refractivity contribution in [2.24, 2.45) is 5.92 Å². The van der Waals surface area contributed by atoms with Gasteiger partial charge >= 0.3 is 0 Å². The molecule has 2 rings (SSSR count). The van der Waals surface area contributed by atoms with E-state index in [-0.39, 0.29) is 0 Å². The molecule has 94 valence electrons. The van der Waals surface area contributed by atoms with E-state index in [1.807, 2.05) is 19.2 Å². The zero-order valence-electron chi connectivity index (χ0n) is 10.9. The van der Waals surface area contributed by atoms with Gasteiger partial charge in [0.15, 0.2) is 0 Å². The number of nitrogens with one attached hydrogen (secondary N) is 1. The molecule has 1 aliphatic carbocycles. The van der Waals surface area contributed by atoms with E-state index in [0.717, 1.165) is 23.0 Å². The first-order chi connectivity index (χ1) is 8.20. The highest BCUT2D eigenvalue weighted by Gasteiger charge is 2.20. The van der Waals surface area contributed by atoms with Crippen molar-refractivity contribution in [2.75, 3.05) is 11.1 Å². The summed E-state index contributed by atoms with van der Waals surface area (Å²) in [5.41, 5.74) is 7.93. The molecule has 1 fully saturated rings. The van der Waals surface area contributed by atoms with E-state index in [9.17, 15) is 0 Å². The van der Waals surface area contributed by atoms with Crippen molar-refractivity contribution < 1.29 is 0 Å². The number of pyridine rings is 1. The smallest absolute Gasteiger partial charge is 0.149 e. The van der Waals surface area contributed by atoms with E-state index in [4.69, 9.17) is 5.73 Å². The molecule has 0 aromatic carbocycles. The van der Waals surface area contributed by atoms with Gasteiger partial charge in [-0.2, -0.15) is 0 Å². The molecule has 0 unspecified atom stereocenters. The van der Waals surface area contributed by atoms with E-state index in [1.165, 1.54) is 32.1 Å². The Labute approximate surface area is 104 Å². The third-order valence-electron chi connectivity index (χ3n) is 3.97. The largest absolute Gasteiger partial charge is 0.396 e. The Hall–Kier alpha value is -1.25. The van der Waals surface area contributed by atoms with Crippen LogP contribution < -0.4 is 11.1 Å². The first-order valence-electron chi connectivity index (χ1n) is 6.68. The van der Waals surface area contributed by atoms with Crippen LogP contribution in [-0.2, 0) is 0 Å². The Balaban J connectivity index is 1.95. The van der Waals surface area contributed by atoms with Gasteiger partial charge in [-0.05, 0) is 50.2 Å². The average Bonchev–Trinajstić information content (AvgIpc) is 2.36. The number of nitrogens with zero attached hydrogens (tertiary/aromatic N) is 1. The molecule has 1 saturated carbocycles. The Morgan fingerprint density at radius 3 is 2.71 bits per heavy atom. The molecule has 3 nitrogen and oxygen atoms in total. The maximum Gasteiger partial charge on any atom is 0.149 e. The standard InChI is InChI=1S/C14H23N3/c1-3-11-4-6-12(7-5-11)17-14-13(15)10(2)8-9-16-14/h8-9,11-12H,3-7,15H2,1-2H3,(H,16,17). The van der Waals surface area contributed by atoms with Gasteiger partial charge < -0.3 is 11.1 Å². The average molecular weight is 233 g/mol. The van der Waals surface area contributed by atoms with Crippen LogP contribution in [0.4, 0.5) is 11.5 Å². The fourth-order valence-electron chi connectivity index (χ4n) is 2.59. The minimum Gasteiger partial charge on any atom is -0.396 e. The van der Waals surface area contributed by atoms with Crippen molar-refractivity contribution in [3.05, 3.63) is 17.8 Å². The molecule has 1 aromatic heterocycles. The van der Waals surface area contributed by atoms with Gasteiger partial charge in [-0.1, -0.05) is 13.3 Å². The summed E-state index contributed by atoms with van der Waals surface area (Å²) in [4.78, 5) is 4.34. The topological polar surface area (TPSA) is 50.9 Å². The number of nitrogens with two attached hydrogens (primary N) is 1. The van der Waals surface area contributed by atoms with Gasteiger partial charge in [0.05, 0.1) is 5.69 Å². The maximum absolute atomic E-state index is 6.03. The first-order valence-corrected chi connectivity index (χ1v) is 6.68. The molecule has 0 atom stereocenters. The summed E-state index contributed by atoms with van der Waals surface area (Å²) in [6, 6.07) is 2.50. The summed E-state index contributed by atoms with van der Waals surface area (Å²) < 4.78 is 0. The predicted molar refractivity (Wildman–Crippen MR) is 73.0 cm³/mol. The van der Waals surface area contributed by atoms with Crippen LogP contribution in [-0.4, -0.2) is 11.0 Å². The monoisotopic (exact) mass is 233 g/mol. The number of nitrogen functional groups attached to an aromatic ring is 1. The molecular formula is C14H23N3. The van der Waals surface area contributed by atoms with Crippen molar-refractivity contribution >= 4 is 11.5 Å². The molecule has 0 radical (unpaired) electrons. The molecule has 0 amide bonds. The van der Waals surface area contributed by atoms with Crippen LogP contribution in [0.5, 0.6) is 0 Å². The van der Waals surface area contributed by atoms with Crippen LogP contribution in [0.3, 0.4) is 0 Å². The molecule has 1 aromatic rings. The summed E-state index contributed by atoms with van der Waals surface area (Å²) in [6.07, 6.45) is 8.30. The molecule has 0 spiro atoms. The normalized spacial score (nSPS) is 24.6. The minimum atomic E-state index is 0.550. The lowest BCUT2D eigenvalue weighted by Gasteiger charge is -2.29. The van der Waals surface area contributed by atoms with Gasteiger partial charge in [0.25, 0.3) is 0 Å². The summed E-state index contributed by atoms with van der Waals surface area (Å²) in [6.45, 7) is 4.31. The zero-order chi connectivity index (χ0) is 12.3. The lowest BCUT2D eigenvalue weighted by atomic mass is 9.84. The Morgan fingerprint density at radius 1 is 1.35 bits per heavy atom. The van der Waals surface area contributed by atoms with Gasteiger partial charge in [-0.3, -0.25) is 0 Å². The quantitative estimate of drug-likeness (QED) is 0.841. The second-order valence-corrected chi connectivity index (χ2v) is 5.16. The molecule has 1 aliphatic rings. The van der Waals surface area contributed by atoms with Crippen molar-refractivity contribution in [3.8, 4) is 0 Å². The fourth-order valence-corrected chi connectivity index (χ4v) is 2.59. The van der Waals surface area contributed by atoms with Crippen molar-refractivity contribution in [1.29, 1.82) is 0 Å². The van der Waals surface area contributed by atoms with Gasteiger partial charge in [-0.15, -0.1) is 0 Å². The van der Waals surface area contributed by atoms with Gasteiger partial charge in [0, 0.05) is 12.2 Å². The second-order valence-electron chi connectivity index (χ2n) is 5.16. The highest BCUT2D eigenvalue weighted by Crippen LogP contribution is 2.29. The molecule has 1 heterocycles. The maximum atomic E-state index is 6.03. The third-order valence-corrected chi connectivity index (χ3v) is 3.97. The Morgan fingerprint density at radius 2 is 2.06 bits per heavy atom. The predicted octanol–water partition coefficient (Wildman–Crippen LogP) is 3.35. The Bertz CT molecular complexity index is 368. The van der Waals surface area contributed by atoms with Crippen LogP contribution in [0.1, 0.15) is 44.6 Å². The third kappa shape index (κ3) is 2.90. The highest BCUT2D eigenvalue weighted by molar-refractivity contribution is 5.65. The number of hydrogen-bond donors (Lipinski definition) is 2. The zero-order valence-corrected chi connectivity index (χ0v) is 10.9. The van der Waals surface area contributed by atoms with Crippen LogP contribution >= 0.6 is 0 Å². The number of hydrogen-bond acceptors (Lipinski definition) is 3. The van der Waals surface area contributed by atoms with Crippen molar-refractivity contribution in [2.45, 2.75) is 52.0 Å². The number of rotatable bonds is 3.